The van der Waals surface area contributed by atoms with Gasteiger partial charge in [-0.2, -0.15) is 0 Å². The highest BCUT2D eigenvalue weighted by atomic mass is 35.5. The molecule has 1 saturated heterocycles. The van der Waals surface area contributed by atoms with Gasteiger partial charge in [-0.15, -0.1) is 0 Å². The van der Waals surface area contributed by atoms with Crippen molar-refractivity contribution in [2.24, 2.45) is 0 Å². The number of amides is 2. The van der Waals surface area contributed by atoms with Crippen LogP contribution in [0.3, 0.4) is 0 Å². The van der Waals surface area contributed by atoms with E-state index in [4.69, 9.17) is 28.6 Å². The second kappa shape index (κ2) is 8.77. The van der Waals surface area contributed by atoms with E-state index < -0.39 is 0 Å². The molecule has 1 fully saturated rings. The summed E-state index contributed by atoms with van der Waals surface area (Å²) in [6.45, 7) is 3.75. The number of hydrogen-bond acceptors (Lipinski definition) is 5. The minimum Gasteiger partial charge on any atom is -0.483 e. The Morgan fingerprint density at radius 1 is 1.29 bits per heavy atom. The summed E-state index contributed by atoms with van der Waals surface area (Å²) < 4.78 is 6.07. The Morgan fingerprint density at radius 2 is 2.07 bits per heavy atom. The number of carbonyl (C=O) groups excluding carboxylic acids is 2. The highest BCUT2D eigenvalue weighted by Crippen LogP contribution is 2.31. The van der Waals surface area contributed by atoms with Crippen LogP contribution < -0.4 is 15.4 Å². The SMILES string of the molecule is Cc1ccc(NC(=O)COc2ccc(Cl)cc2/C=C2\SC(=S)NC2=O)c(C)c1. The first-order valence-electron chi connectivity index (χ1n) is 8.36. The molecule has 8 heteroatoms. The molecule has 0 saturated carbocycles. The number of rotatable bonds is 5. The molecule has 2 aromatic carbocycles. The molecule has 2 aromatic rings. The fourth-order valence-corrected chi connectivity index (χ4v) is 3.82. The summed E-state index contributed by atoms with van der Waals surface area (Å²) in [5.41, 5.74) is 3.43. The minimum absolute atomic E-state index is 0.178. The number of halogens is 1. The number of anilines is 1. The van der Waals surface area contributed by atoms with Crippen LogP contribution in [0, 0.1) is 13.8 Å². The molecule has 0 radical (unpaired) electrons. The van der Waals surface area contributed by atoms with Gasteiger partial charge in [-0.1, -0.05) is 53.3 Å². The molecule has 144 valence electrons. The molecule has 0 aliphatic carbocycles. The number of ether oxygens (including phenoxy) is 1. The molecule has 1 aliphatic rings. The predicted molar refractivity (Wildman–Crippen MR) is 118 cm³/mol. The van der Waals surface area contributed by atoms with E-state index in [9.17, 15) is 9.59 Å². The van der Waals surface area contributed by atoms with Crippen molar-refractivity contribution in [3.8, 4) is 5.75 Å². The Labute approximate surface area is 177 Å². The molecule has 0 unspecified atom stereocenters. The molecule has 0 aromatic heterocycles. The number of aryl methyl sites for hydroxylation is 2. The van der Waals surface area contributed by atoms with Crippen molar-refractivity contribution >= 4 is 63.5 Å². The van der Waals surface area contributed by atoms with Crippen molar-refractivity contribution in [3.63, 3.8) is 0 Å². The van der Waals surface area contributed by atoms with E-state index in [2.05, 4.69) is 10.6 Å². The van der Waals surface area contributed by atoms with Gasteiger partial charge in [0.15, 0.2) is 6.61 Å². The summed E-state index contributed by atoms with van der Waals surface area (Å²) in [5.74, 6) is -0.109. The molecule has 0 spiro atoms. The number of benzene rings is 2. The fraction of sp³-hybridized carbons (Fsp3) is 0.150. The molecule has 2 amide bonds. The lowest BCUT2D eigenvalue weighted by molar-refractivity contribution is -0.118. The summed E-state index contributed by atoms with van der Waals surface area (Å²) in [4.78, 5) is 24.6. The molecule has 1 aliphatic heterocycles. The normalized spacial score (nSPS) is 14.9. The smallest absolute Gasteiger partial charge is 0.263 e. The third kappa shape index (κ3) is 5.13. The lowest BCUT2D eigenvalue weighted by atomic mass is 10.1. The second-order valence-electron chi connectivity index (χ2n) is 6.19. The van der Waals surface area contributed by atoms with Crippen LogP contribution in [0.5, 0.6) is 5.75 Å². The number of thiocarbonyl (C=S) groups is 1. The standard InChI is InChI=1S/C20H17ClN2O3S2/c1-11-3-5-15(12(2)7-11)22-18(24)10-26-16-6-4-14(21)8-13(16)9-17-19(25)23-20(27)28-17/h3-9H,10H2,1-2H3,(H,22,24)(H,23,25,27)/b17-9-. The molecular weight excluding hydrogens is 416 g/mol. The first kappa shape index (κ1) is 20.4. The third-order valence-corrected chi connectivity index (χ3v) is 5.31. The van der Waals surface area contributed by atoms with Gasteiger partial charge >= 0.3 is 0 Å². The van der Waals surface area contributed by atoms with E-state index in [0.717, 1.165) is 16.8 Å². The number of nitrogens with one attached hydrogen (secondary N) is 2. The average molecular weight is 433 g/mol. The van der Waals surface area contributed by atoms with E-state index in [1.54, 1.807) is 24.3 Å². The summed E-state index contributed by atoms with van der Waals surface area (Å²) in [6.07, 6.45) is 1.64. The first-order valence-corrected chi connectivity index (χ1v) is 9.96. The van der Waals surface area contributed by atoms with Gasteiger partial charge in [0, 0.05) is 16.3 Å². The van der Waals surface area contributed by atoms with Crippen LogP contribution in [0.1, 0.15) is 16.7 Å². The zero-order chi connectivity index (χ0) is 20.3. The Hall–Kier alpha value is -2.35. The molecule has 0 bridgehead atoms. The first-order chi connectivity index (χ1) is 13.3. The monoisotopic (exact) mass is 432 g/mol. The molecule has 1 heterocycles. The van der Waals surface area contributed by atoms with Gasteiger partial charge in [0.25, 0.3) is 11.8 Å². The Morgan fingerprint density at radius 3 is 2.75 bits per heavy atom. The minimum atomic E-state index is -0.283. The summed E-state index contributed by atoms with van der Waals surface area (Å²) in [6, 6.07) is 10.8. The molecule has 28 heavy (non-hydrogen) atoms. The molecular formula is C20H17ClN2O3S2. The maximum atomic E-state index is 12.3. The van der Waals surface area contributed by atoms with E-state index in [-0.39, 0.29) is 18.4 Å². The van der Waals surface area contributed by atoms with Crippen molar-refractivity contribution in [3.05, 3.63) is 63.0 Å². The summed E-state index contributed by atoms with van der Waals surface area (Å²) in [7, 11) is 0. The van der Waals surface area contributed by atoms with Crippen LogP contribution in [-0.2, 0) is 9.59 Å². The summed E-state index contributed by atoms with van der Waals surface area (Å²) in [5, 5.41) is 5.88. The van der Waals surface area contributed by atoms with E-state index in [1.165, 1.54) is 11.8 Å². The van der Waals surface area contributed by atoms with Gasteiger partial charge in [0.2, 0.25) is 0 Å². The quantitative estimate of drug-likeness (QED) is 0.539. The van der Waals surface area contributed by atoms with Gasteiger partial charge < -0.3 is 15.4 Å². The van der Waals surface area contributed by atoms with Crippen LogP contribution >= 0.6 is 35.6 Å². The Balaban J connectivity index is 1.72. The van der Waals surface area contributed by atoms with Crippen molar-refractivity contribution in [2.45, 2.75) is 13.8 Å². The predicted octanol–water partition coefficient (Wildman–Crippen LogP) is 4.46. The second-order valence-corrected chi connectivity index (χ2v) is 8.34. The molecule has 0 atom stereocenters. The molecule has 3 rings (SSSR count). The number of carbonyl (C=O) groups is 2. The maximum absolute atomic E-state index is 12.3. The average Bonchev–Trinajstić information content (AvgIpc) is 2.94. The largest absolute Gasteiger partial charge is 0.483 e. The van der Waals surface area contributed by atoms with Crippen LogP contribution in [-0.4, -0.2) is 22.7 Å². The van der Waals surface area contributed by atoms with Crippen molar-refractivity contribution in [2.75, 3.05) is 11.9 Å². The van der Waals surface area contributed by atoms with E-state index in [1.807, 2.05) is 32.0 Å². The molecule has 5 nitrogen and oxygen atoms in total. The summed E-state index contributed by atoms with van der Waals surface area (Å²) >= 11 is 12.2. The lowest BCUT2D eigenvalue weighted by Gasteiger charge is -2.12. The van der Waals surface area contributed by atoms with Gasteiger partial charge in [-0.3, -0.25) is 9.59 Å². The maximum Gasteiger partial charge on any atom is 0.263 e. The zero-order valence-corrected chi connectivity index (χ0v) is 17.6. The Bertz CT molecular complexity index is 1000. The van der Waals surface area contributed by atoms with Crippen LogP contribution in [0.4, 0.5) is 5.69 Å². The highest BCUT2D eigenvalue weighted by molar-refractivity contribution is 8.26. The van der Waals surface area contributed by atoms with Crippen molar-refractivity contribution in [1.82, 2.24) is 5.32 Å². The van der Waals surface area contributed by atoms with E-state index >= 15 is 0 Å². The zero-order valence-electron chi connectivity index (χ0n) is 15.2. The molecule has 2 N–H and O–H groups in total. The van der Waals surface area contributed by atoms with Crippen LogP contribution in [0.2, 0.25) is 5.02 Å². The third-order valence-electron chi connectivity index (χ3n) is 3.92. The topological polar surface area (TPSA) is 67.4 Å². The van der Waals surface area contributed by atoms with Gasteiger partial charge in [0.1, 0.15) is 10.1 Å². The number of thioether (sulfide) groups is 1. The Kier molecular flexibility index (Phi) is 6.39. The van der Waals surface area contributed by atoms with Gasteiger partial charge in [-0.05, 0) is 49.8 Å². The van der Waals surface area contributed by atoms with E-state index in [0.29, 0.717) is 25.6 Å². The van der Waals surface area contributed by atoms with Crippen LogP contribution in [0.15, 0.2) is 41.3 Å². The van der Waals surface area contributed by atoms with Gasteiger partial charge in [-0.25, -0.2) is 0 Å². The van der Waals surface area contributed by atoms with Crippen molar-refractivity contribution in [1.29, 1.82) is 0 Å². The van der Waals surface area contributed by atoms with Crippen LogP contribution in [0.25, 0.3) is 6.08 Å². The lowest BCUT2D eigenvalue weighted by Crippen LogP contribution is -2.21. The van der Waals surface area contributed by atoms with Gasteiger partial charge in [0.05, 0.1) is 4.91 Å². The fourth-order valence-electron chi connectivity index (χ4n) is 2.61. The number of hydrogen-bond donors (Lipinski definition) is 2. The highest BCUT2D eigenvalue weighted by Gasteiger charge is 2.22. The van der Waals surface area contributed by atoms with Crippen molar-refractivity contribution < 1.29 is 14.3 Å².